The number of ether oxygens (including phenoxy) is 1. The molecule has 0 spiro atoms. The molecule has 0 amide bonds. The summed E-state index contributed by atoms with van der Waals surface area (Å²) in [7, 11) is 4.03. The molecule has 4 nitrogen and oxygen atoms in total. The van der Waals surface area contributed by atoms with Gasteiger partial charge in [-0.1, -0.05) is 33.8 Å². The molecule has 0 radical (unpaired) electrons. The van der Waals surface area contributed by atoms with Gasteiger partial charge in [0.25, 0.3) is 0 Å². The number of thioether (sulfide) groups is 1. The second-order valence-electron chi connectivity index (χ2n) is 7.12. The number of carbonyl (C=O) groups is 1. The van der Waals surface area contributed by atoms with Gasteiger partial charge in [-0.15, -0.1) is 0 Å². The number of hydrogen-bond donors (Lipinski definition) is 0. The topological polar surface area (TPSA) is 42.4 Å². The maximum absolute atomic E-state index is 12.2. The number of carbonyl (C=O) groups excluding carboxylic acids is 1. The van der Waals surface area contributed by atoms with Crippen molar-refractivity contribution in [3.05, 3.63) is 23.9 Å². The van der Waals surface area contributed by atoms with Crippen molar-refractivity contribution in [3.8, 4) is 5.88 Å². The highest BCUT2D eigenvalue weighted by Crippen LogP contribution is 2.34. The molecule has 0 aliphatic rings. The van der Waals surface area contributed by atoms with Gasteiger partial charge in [0, 0.05) is 36.4 Å². The molecule has 0 saturated heterocycles. The summed E-state index contributed by atoms with van der Waals surface area (Å²) < 4.78 is 5.64. The molecule has 0 fully saturated rings. The second-order valence-corrected chi connectivity index (χ2v) is 8.36. The summed E-state index contributed by atoms with van der Waals surface area (Å²) in [6.45, 7) is 9.82. The third kappa shape index (κ3) is 8.15. The SMILES string of the molecule is CC(C)CSC(CC(=O)C(C)C)c1ccc(OCCN(C)C)nc1. The summed E-state index contributed by atoms with van der Waals surface area (Å²) in [5, 5.41) is 0.172. The maximum atomic E-state index is 12.2. The van der Waals surface area contributed by atoms with E-state index in [1.807, 2.05) is 58.0 Å². The number of likely N-dealkylation sites (N-methyl/N-ethyl adjacent to an activating group) is 1. The van der Waals surface area contributed by atoms with E-state index >= 15 is 0 Å². The van der Waals surface area contributed by atoms with Crippen LogP contribution in [-0.2, 0) is 4.79 Å². The van der Waals surface area contributed by atoms with Gasteiger partial charge in [0.2, 0.25) is 5.88 Å². The molecule has 1 aromatic rings. The van der Waals surface area contributed by atoms with Crippen molar-refractivity contribution in [1.29, 1.82) is 0 Å². The van der Waals surface area contributed by atoms with E-state index in [9.17, 15) is 4.79 Å². The summed E-state index contributed by atoms with van der Waals surface area (Å²) in [5.74, 6) is 2.67. The van der Waals surface area contributed by atoms with Crippen LogP contribution in [0.15, 0.2) is 18.3 Å². The summed E-state index contributed by atoms with van der Waals surface area (Å²) in [6.07, 6.45) is 2.42. The van der Waals surface area contributed by atoms with Gasteiger partial charge in [-0.05, 0) is 31.3 Å². The lowest BCUT2D eigenvalue weighted by Crippen LogP contribution is -2.19. The van der Waals surface area contributed by atoms with Gasteiger partial charge in [0.15, 0.2) is 0 Å². The Morgan fingerprint density at radius 2 is 1.96 bits per heavy atom. The number of hydrogen-bond acceptors (Lipinski definition) is 5. The first-order valence-corrected chi connectivity index (χ1v) is 9.72. The first-order valence-electron chi connectivity index (χ1n) is 8.67. The second kappa shape index (κ2) is 10.7. The van der Waals surface area contributed by atoms with Gasteiger partial charge >= 0.3 is 0 Å². The number of ketones is 1. The van der Waals surface area contributed by atoms with Gasteiger partial charge in [0.1, 0.15) is 12.4 Å². The van der Waals surface area contributed by atoms with Crippen LogP contribution in [0.1, 0.15) is 44.9 Å². The molecule has 1 aromatic heterocycles. The number of pyridine rings is 1. The van der Waals surface area contributed by atoms with Crippen LogP contribution in [0.2, 0.25) is 0 Å². The standard InChI is InChI=1S/C19H32N2O2S/c1-14(2)13-24-18(11-17(22)15(3)4)16-7-8-19(20-12-16)23-10-9-21(5)6/h7-8,12,14-15,18H,9-11,13H2,1-6H3. The zero-order chi connectivity index (χ0) is 18.1. The highest BCUT2D eigenvalue weighted by Gasteiger charge is 2.19. The highest BCUT2D eigenvalue weighted by molar-refractivity contribution is 7.99. The number of rotatable bonds is 11. The lowest BCUT2D eigenvalue weighted by atomic mass is 10.0. The van der Waals surface area contributed by atoms with Crippen LogP contribution in [-0.4, -0.2) is 48.7 Å². The molecule has 0 bridgehead atoms. The maximum Gasteiger partial charge on any atom is 0.213 e. The fourth-order valence-corrected chi connectivity index (χ4v) is 3.23. The van der Waals surface area contributed by atoms with Gasteiger partial charge in [0.05, 0.1) is 0 Å². The average Bonchev–Trinajstić information content (AvgIpc) is 2.51. The molecular formula is C19H32N2O2S. The molecule has 5 heteroatoms. The lowest BCUT2D eigenvalue weighted by molar-refractivity contribution is -0.121. The van der Waals surface area contributed by atoms with Gasteiger partial charge in [-0.3, -0.25) is 4.79 Å². The quantitative estimate of drug-likeness (QED) is 0.600. The monoisotopic (exact) mass is 352 g/mol. The first kappa shape index (κ1) is 21.0. The molecule has 1 unspecified atom stereocenters. The van der Waals surface area contributed by atoms with Crippen molar-refractivity contribution >= 4 is 17.5 Å². The van der Waals surface area contributed by atoms with Crippen LogP contribution in [0.5, 0.6) is 5.88 Å². The Balaban J connectivity index is 2.72. The number of aromatic nitrogens is 1. The molecule has 0 N–H and O–H groups in total. The normalized spacial score (nSPS) is 12.9. The van der Waals surface area contributed by atoms with Gasteiger partial charge in [-0.2, -0.15) is 11.8 Å². The first-order chi connectivity index (χ1) is 11.3. The summed E-state index contributed by atoms with van der Waals surface area (Å²) in [6, 6.07) is 3.96. The minimum atomic E-state index is 0.0775. The van der Waals surface area contributed by atoms with Gasteiger partial charge in [-0.25, -0.2) is 4.98 Å². The van der Waals surface area contributed by atoms with Crippen molar-refractivity contribution in [2.75, 3.05) is 33.0 Å². The molecule has 1 atom stereocenters. The Labute approximate surface area is 151 Å². The molecule has 24 heavy (non-hydrogen) atoms. The minimum Gasteiger partial charge on any atom is -0.476 e. The van der Waals surface area contributed by atoms with Crippen LogP contribution in [0, 0.1) is 11.8 Å². The summed E-state index contributed by atoms with van der Waals surface area (Å²) in [5.41, 5.74) is 1.11. The molecule has 0 saturated carbocycles. The van der Waals surface area contributed by atoms with Crippen molar-refractivity contribution < 1.29 is 9.53 Å². The Morgan fingerprint density at radius 3 is 2.46 bits per heavy atom. The molecule has 1 heterocycles. The lowest BCUT2D eigenvalue weighted by Gasteiger charge is -2.19. The average molecular weight is 353 g/mol. The molecular weight excluding hydrogens is 320 g/mol. The molecule has 0 aliphatic heterocycles. The minimum absolute atomic E-state index is 0.0775. The predicted molar refractivity (Wildman–Crippen MR) is 103 cm³/mol. The molecule has 0 aromatic carbocycles. The largest absolute Gasteiger partial charge is 0.476 e. The summed E-state index contributed by atoms with van der Waals surface area (Å²) >= 11 is 1.85. The van der Waals surface area contributed by atoms with Crippen molar-refractivity contribution in [3.63, 3.8) is 0 Å². The van der Waals surface area contributed by atoms with Crippen LogP contribution >= 0.6 is 11.8 Å². The molecule has 0 aliphatic carbocycles. The summed E-state index contributed by atoms with van der Waals surface area (Å²) in [4.78, 5) is 18.7. The Morgan fingerprint density at radius 1 is 1.25 bits per heavy atom. The van der Waals surface area contributed by atoms with E-state index in [0.29, 0.717) is 30.6 Å². The molecule has 1 rings (SSSR count). The Kier molecular flexibility index (Phi) is 9.37. The third-order valence-electron chi connectivity index (χ3n) is 3.58. The smallest absolute Gasteiger partial charge is 0.213 e. The van der Waals surface area contributed by atoms with Crippen LogP contribution < -0.4 is 4.74 Å². The van der Waals surface area contributed by atoms with Crippen LogP contribution in [0.25, 0.3) is 0 Å². The van der Waals surface area contributed by atoms with Gasteiger partial charge < -0.3 is 9.64 Å². The van der Waals surface area contributed by atoms with E-state index < -0.39 is 0 Å². The number of Topliss-reactive ketones (excluding diaryl/α,β-unsaturated/α-hetero) is 1. The van der Waals surface area contributed by atoms with E-state index in [1.165, 1.54) is 0 Å². The molecule has 136 valence electrons. The Hall–Kier alpha value is -1.07. The van der Waals surface area contributed by atoms with E-state index in [1.54, 1.807) is 0 Å². The van der Waals surface area contributed by atoms with E-state index in [0.717, 1.165) is 17.9 Å². The highest BCUT2D eigenvalue weighted by atomic mass is 32.2. The third-order valence-corrected chi connectivity index (χ3v) is 5.28. The zero-order valence-corrected chi connectivity index (χ0v) is 16.7. The van der Waals surface area contributed by atoms with E-state index in [4.69, 9.17) is 4.74 Å². The zero-order valence-electron chi connectivity index (χ0n) is 15.9. The van der Waals surface area contributed by atoms with Crippen molar-refractivity contribution in [1.82, 2.24) is 9.88 Å². The van der Waals surface area contributed by atoms with Crippen molar-refractivity contribution in [2.45, 2.75) is 39.4 Å². The fourth-order valence-electron chi connectivity index (χ4n) is 2.00. The van der Waals surface area contributed by atoms with E-state index in [-0.39, 0.29) is 11.2 Å². The van der Waals surface area contributed by atoms with Crippen molar-refractivity contribution in [2.24, 2.45) is 11.8 Å². The predicted octanol–water partition coefficient (Wildman–Crippen LogP) is 4.07. The van der Waals surface area contributed by atoms with Crippen LogP contribution in [0.3, 0.4) is 0 Å². The van der Waals surface area contributed by atoms with Crippen LogP contribution in [0.4, 0.5) is 0 Å². The fraction of sp³-hybridized carbons (Fsp3) is 0.684. The van der Waals surface area contributed by atoms with E-state index in [2.05, 4.69) is 23.7 Å². The Bertz CT molecular complexity index is 487. The number of nitrogens with zero attached hydrogens (tertiary/aromatic N) is 2.